The maximum Gasteiger partial charge on any atom is 0.387 e. The van der Waals surface area contributed by atoms with Crippen molar-refractivity contribution in [2.75, 3.05) is 13.2 Å². The Morgan fingerprint density at radius 3 is 2.74 bits per heavy atom. The van der Waals surface area contributed by atoms with Gasteiger partial charge in [0.1, 0.15) is 0 Å². The minimum absolute atomic E-state index is 0.0543. The van der Waals surface area contributed by atoms with Gasteiger partial charge in [-0.25, -0.2) is 0 Å². The number of carbonyl (C=O) groups excluding carboxylic acids is 1. The molecule has 2 aromatic carbocycles. The van der Waals surface area contributed by atoms with E-state index in [1.54, 1.807) is 24.8 Å². The first-order valence-corrected chi connectivity index (χ1v) is 11.5. The van der Waals surface area contributed by atoms with Crippen LogP contribution in [0.5, 0.6) is 11.5 Å². The van der Waals surface area contributed by atoms with Crippen LogP contribution in [0.4, 0.5) is 8.78 Å². The van der Waals surface area contributed by atoms with Gasteiger partial charge >= 0.3 is 6.61 Å². The molecule has 0 bridgehead atoms. The standard InChI is InChI=1S/C25H25F2N3O5/c1-13(2)33-19-7-6-14(11-20(19)34-25(26)27)24-28-23(29-35-24)17-5-3-4-16-18(17)10-15-12-21(32)30(8-9-31)22(15)16/h3-7,11,13,15,22,25,31H,8-10,12H2,1-2H3. The van der Waals surface area contributed by atoms with E-state index in [0.717, 1.165) is 16.7 Å². The summed E-state index contributed by atoms with van der Waals surface area (Å²) in [5, 5.41) is 13.5. The molecule has 5 rings (SSSR count). The van der Waals surface area contributed by atoms with Gasteiger partial charge in [0.2, 0.25) is 11.7 Å². The SMILES string of the molecule is CC(C)Oc1ccc(-c2nc(-c3cccc4c3CC3CC(=O)N(CCO)C43)no2)cc1OC(F)F. The third kappa shape index (κ3) is 4.34. The molecule has 2 aliphatic rings. The molecule has 1 amide bonds. The number of fused-ring (bicyclic) bond motifs is 3. The number of alkyl halides is 2. The molecule has 10 heteroatoms. The summed E-state index contributed by atoms with van der Waals surface area (Å²) >= 11 is 0. The van der Waals surface area contributed by atoms with Crippen LogP contribution >= 0.6 is 0 Å². The van der Waals surface area contributed by atoms with Gasteiger partial charge in [0.05, 0.1) is 18.8 Å². The predicted octanol–water partition coefficient (Wildman–Crippen LogP) is 4.23. The summed E-state index contributed by atoms with van der Waals surface area (Å²) in [6.45, 7) is 0.777. The number of nitrogens with zero attached hydrogens (tertiary/aromatic N) is 3. The van der Waals surface area contributed by atoms with E-state index in [2.05, 4.69) is 14.9 Å². The highest BCUT2D eigenvalue weighted by Gasteiger charge is 2.46. The Kier molecular flexibility index (Phi) is 6.14. The number of ether oxygens (including phenoxy) is 2. The van der Waals surface area contributed by atoms with Crippen LogP contribution in [0.25, 0.3) is 22.8 Å². The average Bonchev–Trinajstić information content (AvgIpc) is 3.49. The van der Waals surface area contributed by atoms with Crippen LogP contribution in [0.15, 0.2) is 40.9 Å². The van der Waals surface area contributed by atoms with Gasteiger partial charge in [-0.1, -0.05) is 23.4 Å². The van der Waals surface area contributed by atoms with Crippen molar-refractivity contribution >= 4 is 5.91 Å². The van der Waals surface area contributed by atoms with Crippen molar-refractivity contribution in [2.24, 2.45) is 5.92 Å². The Bertz CT molecular complexity index is 1250. The van der Waals surface area contributed by atoms with E-state index in [-0.39, 0.29) is 48.0 Å². The normalized spacial score (nSPS) is 18.9. The fourth-order valence-corrected chi connectivity index (χ4v) is 5.05. The van der Waals surface area contributed by atoms with E-state index in [1.165, 1.54) is 12.1 Å². The van der Waals surface area contributed by atoms with Crippen molar-refractivity contribution in [3.8, 4) is 34.3 Å². The fourth-order valence-electron chi connectivity index (χ4n) is 5.05. The molecule has 35 heavy (non-hydrogen) atoms. The number of aromatic nitrogens is 2. The van der Waals surface area contributed by atoms with E-state index in [9.17, 15) is 18.7 Å². The van der Waals surface area contributed by atoms with Crippen LogP contribution in [0.1, 0.15) is 37.4 Å². The summed E-state index contributed by atoms with van der Waals surface area (Å²) in [6, 6.07) is 10.3. The number of carbonyl (C=O) groups is 1. The lowest BCUT2D eigenvalue weighted by atomic mass is 10.0. The zero-order chi connectivity index (χ0) is 24.7. The molecule has 0 saturated carbocycles. The molecule has 3 aromatic rings. The van der Waals surface area contributed by atoms with Gasteiger partial charge < -0.3 is 24.0 Å². The summed E-state index contributed by atoms with van der Waals surface area (Å²) in [5.41, 5.74) is 3.29. The van der Waals surface area contributed by atoms with E-state index in [0.29, 0.717) is 30.8 Å². The highest BCUT2D eigenvalue weighted by Crippen LogP contribution is 2.49. The molecule has 2 atom stereocenters. The highest BCUT2D eigenvalue weighted by molar-refractivity contribution is 5.81. The molecule has 0 radical (unpaired) electrons. The third-order valence-electron chi connectivity index (χ3n) is 6.31. The van der Waals surface area contributed by atoms with Crippen LogP contribution < -0.4 is 9.47 Å². The van der Waals surface area contributed by atoms with Gasteiger partial charge in [-0.05, 0) is 55.5 Å². The molecule has 1 saturated heterocycles. The Morgan fingerprint density at radius 1 is 1.17 bits per heavy atom. The van der Waals surface area contributed by atoms with Gasteiger partial charge in [0.25, 0.3) is 5.89 Å². The van der Waals surface area contributed by atoms with Crippen molar-refractivity contribution in [3.63, 3.8) is 0 Å². The number of aliphatic hydroxyl groups is 1. The molecule has 184 valence electrons. The van der Waals surface area contributed by atoms with Crippen molar-refractivity contribution in [1.82, 2.24) is 15.0 Å². The van der Waals surface area contributed by atoms with Crippen LogP contribution in [0.3, 0.4) is 0 Å². The number of β-amino-alcohol motifs (C(OH)–C–C–N with tert-alkyl or cyclic N) is 1. The number of hydrogen-bond donors (Lipinski definition) is 1. The molecule has 1 aromatic heterocycles. The lowest BCUT2D eigenvalue weighted by molar-refractivity contribution is -0.129. The average molecular weight is 485 g/mol. The van der Waals surface area contributed by atoms with Crippen LogP contribution in [0, 0.1) is 5.92 Å². The molecular formula is C25H25F2N3O5. The van der Waals surface area contributed by atoms with E-state index in [4.69, 9.17) is 9.26 Å². The number of aliphatic hydroxyl groups excluding tert-OH is 1. The fraction of sp³-hybridized carbons (Fsp3) is 0.400. The number of likely N-dealkylation sites (tertiary alicyclic amines) is 1. The number of hydrogen-bond acceptors (Lipinski definition) is 7. The zero-order valence-corrected chi connectivity index (χ0v) is 19.3. The summed E-state index contributed by atoms with van der Waals surface area (Å²) in [6.07, 6.45) is 0.911. The lowest BCUT2D eigenvalue weighted by Crippen LogP contribution is -2.30. The summed E-state index contributed by atoms with van der Waals surface area (Å²) in [5.74, 6) is 0.794. The molecule has 1 aliphatic carbocycles. The summed E-state index contributed by atoms with van der Waals surface area (Å²) in [4.78, 5) is 18.7. The van der Waals surface area contributed by atoms with Gasteiger partial charge in [0.15, 0.2) is 11.5 Å². The zero-order valence-electron chi connectivity index (χ0n) is 19.3. The van der Waals surface area contributed by atoms with Crippen LogP contribution in [-0.4, -0.2) is 51.9 Å². The molecule has 0 spiro atoms. The van der Waals surface area contributed by atoms with E-state index in [1.807, 2.05) is 18.2 Å². The molecule has 1 aliphatic heterocycles. The van der Waals surface area contributed by atoms with E-state index >= 15 is 0 Å². The number of benzene rings is 2. The van der Waals surface area contributed by atoms with Crippen molar-refractivity contribution < 1.29 is 32.7 Å². The molecule has 1 N–H and O–H groups in total. The second kappa shape index (κ2) is 9.26. The molecule has 8 nitrogen and oxygen atoms in total. The van der Waals surface area contributed by atoms with Gasteiger partial charge in [0, 0.05) is 24.1 Å². The molecule has 2 unspecified atom stereocenters. The molecular weight excluding hydrogens is 460 g/mol. The van der Waals surface area contributed by atoms with E-state index < -0.39 is 6.61 Å². The smallest absolute Gasteiger partial charge is 0.387 e. The number of halogens is 2. The number of amides is 1. The summed E-state index contributed by atoms with van der Waals surface area (Å²) < 4.78 is 41.6. The van der Waals surface area contributed by atoms with Crippen molar-refractivity contribution in [3.05, 3.63) is 47.5 Å². The number of rotatable bonds is 8. The third-order valence-corrected chi connectivity index (χ3v) is 6.31. The maximum atomic E-state index is 13.0. The predicted molar refractivity (Wildman–Crippen MR) is 121 cm³/mol. The molecule has 1 fully saturated rings. The van der Waals surface area contributed by atoms with Crippen LogP contribution in [-0.2, 0) is 11.2 Å². The van der Waals surface area contributed by atoms with Gasteiger partial charge in [-0.2, -0.15) is 13.8 Å². The Hall–Kier alpha value is -3.53. The second-order valence-corrected chi connectivity index (χ2v) is 8.93. The monoisotopic (exact) mass is 485 g/mol. The van der Waals surface area contributed by atoms with Crippen LogP contribution in [0.2, 0.25) is 0 Å². The van der Waals surface area contributed by atoms with Crippen molar-refractivity contribution in [1.29, 1.82) is 0 Å². The maximum absolute atomic E-state index is 13.0. The minimum Gasteiger partial charge on any atom is -0.487 e. The first-order chi connectivity index (χ1) is 16.9. The Labute approximate surface area is 200 Å². The Balaban J connectivity index is 1.47. The summed E-state index contributed by atoms with van der Waals surface area (Å²) in [7, 11) is 0. The van der Waals surface area contributed by atoms with Gasteiger partial charge in [-0.15, -0.1) is 0 Å². The highest BCUT2D eigenvalue weighted by atomic mass is 19.3. The first kappa shape index (κ1) is 23.2. The molecule has 2 heterocycles. The lowest BCUT2D eigenvalue weighted by Gasteiger charge is -2.24. The second-order valence-electron chi connectivity index (χ2n) is 8.93. The van der Waals surface area contributed by atoms with Crippen molar-refractivity contribution in [2.45, 2.75) is 45.4 Å². The first-order valence-electron chi connectivity index (χ1n) is 11.5. The minimum atomic E-state index is -3.01. The Morgan fingerprint density at radius 2 is 2.00 bits per heavy atom. The topological polar surface area (TPSA) is 97.9 Å². The largest absolute Gasteiger partial charge is 0.487 e. The van der Waals surface area contributed by atoms with Gasteiger partial charge in [-0.3, -0.25) is 4.79 Å². The quantitative estimate of drug-likeness (QED) is 0.510.